The highest BCUT2D eigenvalue weighted by molar-refractivity contribution is 5.32. The Hall–Kier alpha value is -0.160. The highest BCUT2D eigenvalue weighted by Gasteiger charge is 2.84. The van der Waals surface area contributed by atoms with Gasteiger partial charge >= 0.3 is 0 Å². The van der Waals surface area contributed by atoms with E-state index in [0.29, 0.717) is 34.5 Å². The minimum atomic E-state index is -0.522. The molecule has 0 aromatic carbocycles. The highest BCUT2D eigenvalue weighted by Crippen LogP contribution is 2.89. The van der Waals surface area contributed by atoms with Crippen molar-refractivity contribution in [3.05, 3.63) is 0 Å². The SMILES string of the molecule is C[C@@H]1CC(C(O)C(C)(C)C)OC2[C@H]1[C@@]1(C)CC[C@@]34C[C@@]35CC[C@H](O)C(C)(C)[C@@H]5CCC4[C@]1(C)[C@H]2O. The van der Waals surface area contributed by atoms with Gasteiger partial charge in [-0.15, -0.1) is 0 Å². The van der Waals surface area contributed by atoms with Gasteiger partial charge in [-0.2, -0.15) is 0 Å². The van der Waals surface area contributed by atoms with E-state index < -0.39 is 12.2 Å². The van der Waals surface area contributed by atoms with Crippen LogP contribution < -0.4 is 0 Å². The first kappa shape index (κ1) is 25.1. The van der Waals surface area contributed by atoms with Crippen LogP contribution in [0.3, 0.4) is 0 Å². The Bertz CT molecular complexity index is 893. The zero-order valence-corrected chi connectivity index (χ0v) is 23.6. The first-order chi connectivity index (χ1) is 16.1. The number of hydrogen-bond donors (Lipinski definition) is 3. The highest BCUT2D eigenvalue weighted by atomic mass is 16.5. The third-order valence-electron chi connectivity index (χ3n) is 14.0. The first-order valence-corrected chi connectivity index (χ1v) is 14.8. The fraction of sp³-hybridized carbons (Fsp3) is 1.00. The van der Waals surface area contributed by atoms with Crippen LogP contribution in [0, 0.1) is 56.2 Å². The number of ether oxygens (including phenoxy) is 1. The molecule has 4 unspecified atom stereocenters. The van der Waals surface area contributed by atoms with Gasteiger partial charge in [-0.05, 0) is 102 Å². The van der Waals surface area contributed by atoms with Gasteiger partial charge in [-0.3, -0.25) is 0 Å². The molecule has 4 nitrogen and oxygen atoms in total. The Morgan fingerprint density at radius 1 is 0.886 bits per heavy atom. The van der Waals surface area contributed by atoms with Gasteiger partial charge in [0, 0.05) is 5.41 Å². The topological polar surface area (TPSA) is 69.9 Å². The predicted molar refractivity (Wildman–Crippen MR) is 138 cm³/mol. The molecular formula is C31H52O4. The standard InChI is InChI=1S/C31H52O4/c1-17-15-18(24(33)26(2,3)4)35-23-22(17)28(7)13-14-31-16-30(31)12-11-21(32)27(5,6)19(30)9-10-20(31)29(28,8)25(23)34/h17-25,32-34H,9-16H2,1-8H3/t17-,18?,19+,20?,21+,22+,23?,24?,25+,28-,29-,30-,31+/m1/s1. The lowest BCUT2D eigenvalue weighted by atomic mass is 9.41. The van der Waals surface area contributed by atoms with Gasteiger partial charge in [0.25, 0.3) is 0 Å². The predicted octanol–water partition coefficient (Wildman–Crippen LogP) is 5.57. The van der Waals surface area contributed by atoms with Crippen LogP contribution in [-0.2, 0) is 4.74 Å². The van der Waals surface area contributed by atoms with E-state index in [4.69, 9.17) is 4.74 Å². The summed E-state index contributed by atoms with van der Waals surface area (Å²) >= 11 is 0. The Morgan fingerprint density at radius 3 is 2.17 bits per heavy atom. The fourth-order valence-electron chi connectivity index (χ4n) is 12.1. The quantitative estimate of drug-likeness (QED) is 0.451. The van der Waals surface area contributed by atoms with Crippen molar-refractivity contribution in [3.8, 4) is 0 Å². The minimum Gasteiger partial charge on any atom is -0.393 e. The van der Waals surface area contributed by atoms with Crippen molar-refractivity contribution in [1.29, 1.82) is 0 Å². The van der Waals surface area contributed by atoms with Crippen LogP contribution in [0.2, 0.25) is 0 Å². The fourth-order valence-corrected chi connectivity index (χ4v) is 12.1. The van der Waals surface area contributed by atoms with E-state index in [1.54, 1.807) is 0 Å². The molecule has 0 aromatic rings. The maximum Gasteiger partial charge on any atom is 0.0880 e. The molecule has 0 radical (unpaired) electrons. The molecule has 6 fully saturated rings. The molecule has 6 aliphatic rings. The summed E-state index contributed by atoms with van der Waals surface area (Å²) in [6, 6.07) is 0. The van der Waals surface area contributed by atoms with Crippen LogP contribution in [-0.4, -0.2) is 45.8 Å². The molecule has 6 rings (SSSR count). The number of aliphatic hydroxyl groups is 3. The van der Waals surface area contributed by atoms with Gasteiger partial charge in [0.1, 0.15) is 0 Å². The van der Waals surface area contributed by atoms with E-state index >= 15 is 0 Å². The summed E-state index contributed by atoms with van der Waals surface area (Å²) in [5.74, 6) is 1.91. The Balaban J connectivity index is 1.36. The van der Waals surface area contributed by atoms with Crippen LogP contribution in [0.25, 0.3) is 0 Å². The van der Waals surface area contributed by atoms with Crippen molar-refractivity contribution in [2.24, 2.45) is 56.2 Å². The Labute approximate surface area is 213 Å². The van der Waals surface area contributed by atoms with Gasteiger partial charge in [0.2, 0.25) is 0 Å². The monoisotopic (exact) mass is 488 g/mol. The molecule has 0 aromatic heterocycles. The third-order valence-corrected chi connectivity index (χ3v) is 14.0. The molecular weight excluding hydrogens is 436 g/mol. The molecule has 1 heterocycles. The Kier molecular flexibility index (Phi) is 5.08. The zero-order valence-electron chi connectivity index (χ0n) is 23.6. The average Bonchev–Trinajstić information content (AvgIpc) is 3.40. The molecule has 5 aliphatic carbocycles. The summed E-state index contributed by atoms with van der Waals surface area (Å²) in [6.07, 6.45) is 7.55. The minimum absolute atomic E-state index is 0.00933. The van der Waals surface area contributed by atoms with Crippen molar-refractivity contribution in [2.75, 3.05) is 0 Å². The summed E-state index contributed by atoms with van der Waals surface area (Å²) in [4.78, 5) is 0. The maximum atomic E-state index is 12.2. The van der Waals surface area contributed by atoms with E-state index in [1.807, 2.05) is 0 Å². The molecule has 5 saturated carbocycles. The lowest BCUT2D eigenvalue weighted by Crippen LogP contribution is -2.59. The average molecular weight is 489 g/mol. The summed E-state index contributed by atoms with van der Waals surface area (Å²) in [6.45, 7) is 18.2. The Morgan fingerprint density at radius 2 is 1.51 bits per heavy atom. The van der Waals surface area contributed by atoms with Crippen LogP contribution in [0.1, 0.15) is 107 Å². The van der Waals surface area contributed by atoms with Gasteiger partial charge in [0.15, 0.2) is 0 Å². The van der Waals surface area contributed by atoms with E-state index in [2.05, 4.69) is 55.4 Å². The lowest BCUT2D eigenvalue weighted by molar-refractivity contribution is -0.189. The molecule has 0 amide bonds. The second-order valence-electron chi connectivity index (χ2n) is 16.4. The molecule has 35 heavy (non-hydrogen) atoms. The molecule has 200 valence electrons. The first-order valence-electron chi connectivity index (χ1n) is 14.8. The van der Waals surface area contributed by atoms with Gasteiger partial charge in [0.05, 0.1) is 30.5 Å². The molecule has 4 heteroatoms. The third kappa shape index (κ3) is 2.74. The maximum absolute atomic E-state index is 12.2. The van der Waals surface area contributed by atoms with Crippen molar-refractivity contribution in [3.63, 3.8) is 0 Å². The van der Waals surface area contributed by atoms with Gasteiger partial charge in [-0.1, -0.05) is 55.4 Å². The van der Waals surface area contributed by atoms with Crippen LogP contribution in [0.4, 0.5) is 0 Å². The summed E-state index contributed by atoms with van der Waals surface area (Å²) in [7, 11) is 0. The van der Waals surface area contributed by atoms with Crippen molar-refractivity contribution in [1.82, 2.24) is 0 Å². The lowest BCUT2D eigenvalue weighted by Gasteiger charge is -2.63. The smallest absolute Gasteiger partial charge is 0.0880 e. The normalized spacial score (nSPS) is 59.4. The molecule has 13 atom stereocenters. The molecule has 3 N–H and O–H groups in total. The second kappa shape index (κ2) is 7.07. The number of fused-ring (bicyclic) bond motifs is 4. The van der Waals surface area contributed by atoms with Crippen LogP contribution in [0.5, 0.6) is 0 Å². The second-order valence-corrected chi connectivity index (χ2v) is 16.4. The largest absolute Gasteiger partial charge is 0.393 e. The van der Waals surface area contributed by atoms with Crippen molar-refractivity contribution >= 4 is 0 Å². The summed E-state index contributed by atoms with van der Waals surface area (Å²) in [5.41, 5.74) is 0.361. The summed E-state index contributed by atoms with van der Waals surface area (Å²) in [5, 5.41) is 34.3. The molecule has 1 saturated heterocycles. The van der Waals surface area contributed by atoms with Crippen molar-refractivity contribution in [2.45, 2.75) is 137 Å². The van der Waals surface area contributed by atoms with Crippen LogP contribution >= 0.6 is 0 Å². The van der Waals surface area contributed by atoms with E-state index in [1.165, 1.54) is 38.5 Å². The van der Waals surface area contributed by atoms with E-state index in [-0.39, 0.29) is 40.0 Å². The number of aliphatic hydroxyl groups excluding tert-OH is 3. The zero-order chi connectivity index (χ0) is 25.6. The van der Waals surface area contributed by atoms with Gasteiger partial charge < -0.3 is 20.1 Å². The summed E-state index contributed by atoms with van der Waals surface area (Å²) < 4.78 is 6.75. The molecule has 1 aliphatic heterocycles. The van der Waals surface area contributed by atoms with E-state index in [0.717, 1.165) is 12.8 Å². The molecule has 2 spiro atoms. The molecule has 0 bridgehead atoms. The van der Waals surface area contributed by atoms with Gasteiger partial charge in [-0.25, -0.2) is 0 Å². The van der Waals surface area contributed by atoms with Crippen LogP contribution in [0.15, 0.2) is 0 Å². The number of rotatable bonds is 1. The van der Waals surface area contributed by atoms with Crippen molar-refractivity contribution < 1.29 is 20.1 Å². The number of hydrogen-bond acceptors (Lipinski definition) is 4. The van der Waals surface area contributed by atoms with E-state index in [9.17, 15) is 15.3 Å².